The van der Waals surface area contributed by atoms with E-state index in [4.69, 9.17) is 9.47 Å². The molecule has 2 saturated heterocycles. The van der Waals surface area contributed by atoms with Crippen LogP contribution in [0.2, 0.25) is 0 Å². The highest BCUT2D eigenvalue weighted by Gasteiger charge is 2.32. The predicted molar refractivity (Wildman–Crippen MR) is 73.1 cm³/mol. The summed E-state index contributed by atoms with van der Waals surface area (Å²) in [6.07, 6.45) is 4.38. The Morgan fingerprint density at radius 1 is 1.26 bits per heavy atom. The fourth-order valence-electron chi connectivity index (χ4n) is 2.94. The van der Waals surface area contributed by atoms with Crippen LogP contribution in [0.15, 0.2) is 0 Å². The topological polar surface area (TPSA) is 42.0 Å². The number of rotatable bonds is 5. The van der Waals surface area contributed by atoms with E-state index in [1.165, 1.54) is 12.8 Å². The summed E-state index contributed by atoms with van der Waals surface area (Å²) < 4.78 is 10.4. The van der Waals surface area contributed by atoms with Crippen molar-refractivity contribution in [2.75, 3.05) is 53.1 Å². The monoisotopic (exact) mass is 270 g/mol. The Morgan fingerprint density at radius 3 is 2.79 bits per heavy atom. The lowest BCUT2D eigenvalue weighted by Gasteiger charge is -2.38. The zero-order chi connectivity index (χ0) is 13.5. The summed E-state index contributed by atoms with van der Waals surface area (Å²) in [5.74, 6) is 0.306. The average molecular weight is 270 g/mol. The second-order valence-electron chi connectivity index (χ2n) is 5.33. The van der Waals surface area contributed by atoms with Crippen molar-refractivity contribution in [3.63, 3.8) is 0 Å². The minimum atomic E-state index is 0.0868. The molecule has 0 aromatic heterocycles. The van der Waals surface area contributed by atoms with Gasteiger partial charge in [-0.1, -0.05) is 6.42 Å². The summed E-state index contributed by atoms with van der Waals surface area (Å²) in [6, 6.07) is 0.0868. The Hall–Kier alpha value is -0.650. The summed E-state index contributed by atoms with van der Waals surface area (Å²) in [6.45, 7) is 5.65. The van der Waals surface area contributed by atoms with Gasteiger partial charge in [-0.25, -0.2) is 0 Å². The molecule has 2 rings (SSSR count). The first kappa shape index (κ1) is 14.8. The number of likely N-dealkylation sites (tertiary alicyclic amines) is 1. The van der Waals surface area contributed by atoms with E-state index < -0.39 is 0 Å². The van der Waals surface area contributed by atoms with Gasteiger partial charge in [0.15, 0.2) is 0 Å². The highest BCUT2D eigenvalue weighted by atomic mass is 16.5. The highest BCUT2D eigenvalue weighted by molar-refractivity contribution is 5.82. The Morgan fingerprint density at radius 2 is 2.05 bits per heavy atom. The molecular formula is C14H26N2O3. The molecular weight excluding hydrogens is 244 g/mol. The minimum absolute atomic E-state index is 0.0868. The van der Waals surface area contributed by atoms with Crippen molar-refractivity contribution < 1.29 is 14.3 Å². The van der Waals surface area contributed by atoms with E-state index in [2.05, 4.69) is 4.90 Å². The predicted octanol–water partition coefficient (Wildman–Crippen LogP) is 0.736. The molecule has 0 bridgehead atoms. The zero-order valence-corrected chi connectivity index (χ0v) is 12.0. The van der Waals surface area contributed by atoms with E-state index in [-0.39, 0.29) is 6.04 Å². The first-order valence-electron chi connectivity index (χ1n) is 7.42. The van der Waals surface area contributed by atoms with Crippen LogP contribution < -0.4 is 0 Å². The van der Waals surface area contributed by atoms with E-state index in [0.29, 0.717) is 19.1 Å². The Kier molecular flexibility index (Phi) is 6.07. The van der Waals surface area contributed by atoms with Crippen LogP contribution in [0, 0.1) is 0 Å². The molecule has 0 aromatic carbocycles. The molecule has 5 heteroatoms. The molecule has 2 heterocycles. The molecule has 0 N–H and O–H groups in total. The van der Waals surface area contributed by atoms with E-state index >= 15 is 0 Å². The number of hydrogen-bond donors (Lipinski definition) is 0. The molecule has 0 spiro atoms. The van der Waals surface area contributed by atoms with Gasteiger partial charge in [0, 0.05) is 33.4 Å². The molecule has 2 aliphatic heterocycles. The maximum absolute atomic E-state index is 12.6. The molecule has 0 radical (unpaired) electrons. The van der Waals surface area contributed by atoms with Gasteiger partial charge >= 0.3 is 0 Å². The second-order valence-corrected chi connectivity index (χ2v) is 5.33. The number of nitrogens with zero attached hydrogens (tertiary/aromatic N) is 2. The number of amides is 1. The third-order valence-electron chi connectivity index (χ3n) is 4.02. The summed E-state index contributed by atoms with van der Waals surface area (Å²) in [4.78, 5) is 16.9. The molecule has 1 amide bonds. The Bertz CT molecular complexity index is 280. The molecule has 2 aliphatic rings. The van der Waals surface area contributed by atoms with Gasteiger partial charge in [-0.3, -0.25) is 9.69 Å². The van der Waals surface area contributed by atoms with Crippen LogP contribution in [-0.2, 0) is 14.3 Å². The molecule has 19 heavy (non-hydrogen) atoms. The molecule has 1 unspecified atom stereocenters. The van der Waals surface area contributed by atoms with Crippen LogP contribution in [0.5, 0.6) is 0 Å². The average Bonchev–Trinajstić information content (AvgIpc) is 2.48. The lowest BCUT2D eigenvalue weighted by Crippen LogP contribution is -2.53. The largest absolute Gasteiger partial charge is 0.385 e. The van der Waals surface area contributed by atoms with Crippen molar-refractivity contribution >= 4 is 5.91 Å². The molecule has 0 saturated carbocycles. The van der Waals surface area contributed by atoms with Gasteiger partial charge in [-0.15, -0.1) is 0 Å². The highest BCUT2D eigenvalue weighted by Crippen LogP contribution is 2.19. The fraction of sp³-hybridized carbons (Fsp3) is 0.929. The SMILES string of the molecule is COCCCN1CCCCC1C(=O)N1CCOCC1. The van der Waals surface area contributed by atoms with Crippen LogP contribution in [0.1, 0.15) is 25.7 Å². The number of hydrogen-bond acceptors (Lipinski definition) is 4. The summed E-state index contributed by atoms with van der Waals surface area (Å²) in [5, 5.41) is 0. The second kappa shape index (κ2) is 7.82. The Balaban J connectivity index is 1.88. The lowest BCUT2D eigenvalue weighted by atomic mass is 10.0. The summed E-state index contributed by atoms with van der Waals surface area (Å²) in [7, 11) is 1.73. The van der Waals surface area contributed by atoms with Crippen LogP contribution in [-0.4, -0.2) is 74.9 Å². The van der Waals surface area contributed by atoms with E-state index in [0.717, 1.165) is 45.6 Å². The van der Waals surface area contributed by atoms with Gasteiger partial charge in [0.1, 0.15) is 0 Å². The van der Waals surface area contributed by atoms with Crippen molar-refractivity contribution in [1.82, 2.24) is 9.80 Å². The first-order valence-corrected chi connectivity index (χ1v) is 7.42. The summed E-state index contributed by atoms with van der Waals surface area (Å²) >= 11 is 0. The van der Waals surface area contributed by atoms with Gasteiger partial charge in [-0.2, -0.15) is 0 Å². The van der Waals surface area contributed by atoms with Gasteiger partial charge < -0.3 is 14.4 Å². The number of piperidine rings is 1. The van der Waals surface area contributed by atoms with Crippen LogP contribution in [0.25, 0.3) is 0 Å². The number of methoxy groups -OCH3 is 1. The van der Waals surface area contributed by atoms with Gasteiger partial charge in [-0.05, 0) is 25.8 Å². The minimum Gasteiger partial charge on any atom is -0.385 e. The number of carbonyl (C=O) groups is 1. The molecule has 0 aliphatic carbocycles. The van der Waals surface area contributed by atoms with Gasteiger partial charge in [0.2, 0.25) is 5.91 Å². The van der Waals surface area contributed by atoms with Crippen molar-refractivity contribution in [2.24, 2.45) is 0 Å². The van der Waals surface area contributed by atoms with Gasteiger partial charge in [0.25, 0.3) is 0 Å². The smallest absolute Gasteiger partial charge is 0.240 e. The van der Waals surface area contributed by atoms with Crippen LogP contribution in [0.3, 0.4) is 0 Å². The first-order chi connectivity index (χ1) is 9.33. The summed E-state index contributed by atoms with van der Waals surface area (Å²) in [5.41, 5.74) is 0. The zero-order valence-electron chi connectivity index (χ0n) is 12.0. The quantitative estimate of drug-likeness (QED) is 0.691. The van der Waals surface area contributed by atoms with Crippen LogP contribution >= 0.6 is 0 Å². The third-order valence-corrected chi connectivity index (χ3v) is 4.02. The molecule has 1 atom stereocenters. The van der Waals surface area contributed by atoms with Crippen molar-refractivity contribution in [3.8, 4) is 0 Å². The van der Waals surface area contributed by atoms with E-state index in [1.807, 2.05) is 4.90 Å². The van der Waals surface area contributed by atoms with Crippen molar-refractivity contribution in [3.05, 3.63) is 0 Å². The van der Waals surface area contributed by atoms with E-state index in [1.54, 1.807) is 7.11 Å². The Labute approximate surface area is 115 Å². The molecule has 5 nitrogen and oxygen atoms in total. The number of carbonyl (C=O) groups excluding carboxylic acids is 1. The van der Waals surface area contributed by atoms with Crippen LogP contribution in [0.4, 0.5) is 0 Å². The number of morpholine rings is 1. The fourth-order valence-corrected chi connectivity index (χ4v) is 2.94. The van der Waals surface area contributed by atoms with Gasteiger partial charge in [0.05, 0.1) is 19.3 Å². The van der Waals surface area contributed by atoms with E-state index in [9.17, 15) is 4.79 Å². The third kappa shape index (κ3) is 4.16. The standard InChI is InChI=1S/C14H26N2O3/c1-18-10-4-7-15-6-3-2-5-13(15)14(17)16-8-11-19-12-9-16/h13H,2-12H2,1H3. The normalized spacial score (nSPS) is 25.5. The van der Waals surface area contributed by atoms with Crippen molar-refractivity contribution in [1.29, 1.82) is 0 Å². The maximum atomic E-state index is 12.6. The molecule has 2 fully saturated rings. The molecule has 110 valence electrons. The molecule has 0 aromatic rings. The lowest BCUT2D eigenvalue weighted by molar-refractivity contribution is -0.142. The number of ether oxygens (including phenoxy) is 2. The maximum Gasteiger partial charge on any atom is 0.240 e. The van der Waals surface area contributed by atoms with Crippen molar-refractivity contribution in [2.45, 2.75) is 31.7 Å².